The number of aryl methyl sites for hydroxylation is 1. The van der Waals surface area contributed by atoms with E-state index in [0.29, 0.717) is 18.2 Å². The molecule has 0 aromatic heterocycles. The summed E-state index contributed by atoms with van der Waals surface area (Å²) in [5.41, 5.74) is 16.2. The van der Waals surface area contributed by atoms with Gasteiger partial charge in [0.15, 0.2) is 5.84 Å². The van der Waals surface area contributed by atoms with Crippen LogP contribution in [-0.4, -0.2) is 11.7 Å². The standard InChI is InChI=1S/C48H38N4/c1-34-43-24-14-13-17-36(43)27-30-46(34)52(41-22-9-4-10-23-41)42-28-25-37(26-29-42)44-31-39-20-11-12-21-40(39)32-45(44)48(50-33-35-15-5-2-6-16-35)51-47(49)38-18-7-3-8-19-38/h2-32H,33H2,1H3,(H2,49,50,51). The van der Waals surface area contributed by atoms with Crippen LogP contribution in [0.4, 0.5) is 17.1 Å². The molecule has 250 valence electrons. The minimum atomic E-state index is 0.422. The van der Waals surface area contributed by atoms with Gasteiger partial charge in [0.1, 0.15) is 5.84 Å². The van der Waals surface area contributed by atoms with Gasteiger partial charge in [-0.25, -0.2) is 4.99 Å². The number of fused-ring (bicyclic) bond motifs is 2. The van der Waals surface area contributed by atoms with Gasteiger partial charge in [-0.1, -0.05) is 146 Å². The van der Waals surface area contributed by atoms with Crippen LogP contribution in [0.1, 0.15) is 22.3 Å². The van der Waals surface area contributed by atoms with Crippen molar-refractivity contribution < 1.29 is 0 Å². The van der Waals surface area contributed by atoms with E-state index in [-0.39, 0.29) is 0 Å². The van der Waals surface area contributed by atoms with Crippen molar-refractivity contribution in [2.45, 2.75) is 13.5 Å². The van der Waals surface area contributed by atoms with Crippen molar-refractivity contribution in [2.75, 3.05) is 4.90 Å². The molecule has 2 N–H and O–H groups in total. The summed E-state index contributed by atoms with van der Waals surface area (Å²) >= 11 is 0. The lowest BCUT2D eigenvalue weighted by molar-refractivity contribution is 1.06. The monoisotopic (exact) mass is 670 g/mol. The molecule has 0 aliphatic heterocycles. The van der Waals surface area contributed by atoms with Crippen LogP contribution in [0.5, 0.6) is 0 Å². The first-order valence-electron chi connectivity index (χ1n) is 17.6. The van der Waals surface area contributed by atoms with E-state index in [4.69, 9.17) is 15.7 Å². The van der Waals surface area contributed by atoms with Gasteiger partial charge in [-0.05, 0) is 93.2 Å². The molecule has 52 heavy (non-hydrogen) atoms. The molecule has 0 bridgehead atoms. The van der Waals surface area contributed by atoms with Crippen molar-refractivity contribution in [1.29, 1.82) is 0 Å². The molecule has 0 unspecified atom stereocenters. The number of nitrogens with zero attached hydrogens (tertiary/aromatic N) is 3. The molecular weight excluding hydrogens is 633 g/mol. The summed E-state index contributed by atoms with van der Waals surface area (Å²) in [6, 6.07) is 65.4. The minimum Gasteiger partial charge on any atom is -0.383 e. The summed E-state index contributed by atoms with van der Waals surface area (Å²) in [5.74, 6) is 1.01. The summed E-state index contributed by atoms with van der Waals surface area (Å²) in [4.78, 5) is 12.5. The topological polar surface area (TPSA) is 54.0 Å². The Balaban J connectivity index is 1.27. The Labute approximate surface area is 304 Å². The lowest BCUT2D eigenvalue weighted by atomic mass is 9.94. The lowest BCUT2D eigenvalue weighted by Gasteiger charge is -2.28. The summed E-state index contributed by atoms with van der Waals surface area (Å²) in [7, 11) is 0. The fourth-order valence-corrected chi connectivity index (χ4v) is 6.83. The van der Waals surface area contributed by atoms with E-state index in [9.17, 15) is 0 Å². The van der Waals surface area contributed by atoms with Gasteiger partial charge in [-0.2, -0.15) is 0 Å². The van der Waals surface area contributed by atoms with Crippen LogP contribution < -0.4 is 10.6 Å². The molecule has 8 aromatic rings. The fourth-order valence-electron chi connectivity index (χ4n) is 6.83. The number of hydrogen-bond acceptors (Lipinski definition) is 2. The van der Waals surface area contributed by atoms with Crippen molar-refractivity contribution in [3.05, 3.63) is 210 Å². The quantitative estimate of drug-likeness (QED) is 0.129. The van der Waals surface area contributed by atoms with Crippen LogP contribution in [0.25, 0.3) is 32.7 Å². The highest BCUT2D eigenvalue weighted by Gasteiger charge is 2.18. The molecule has 0 spiro atoms. The van der Waals surface area contributed by atoms with Crippen molar-refractivity contribution in [1.82, 2.24) is 0 Å². The minimum absolute atomic E-state index is 0.422. The highest BCUT2D eigenvalue weighted by atomic mass is 15.1. The van der Waals surface area contributed by atoms with E-state index >= 15 is 0 Å². The molecule has 0 aliphatic rings. The molecule has 0 radical (unpaired) electrons. The Morgan fingerprint density at radius 2 is 1.13 bits per heavy atom. The van der Waals surface area contributed by atoms with Crippen molar-refractivity contribution >= 4 is 50.3 Å². The predicted molar refractivity (Wildman–Crippen MR) is 220 cm³/mol. The maximum atomic E-state index is 6.68. The second-order valence-electron chi connectivity index (χ2n) is 12.9. The van der Waals surface area contributed by atoms with Gasteiger partial charge in [0, 0.05) is 28.2 Å². The van der Waals surface area contributed by atoms with Crippen LogP contribution in [0, 0.1) is 6.92 Å². The second kappa shape index (κ2) is 14.6. The zero-order valence-corrected chi connectivity index (χ0v) is 29.0. The molecule has 8 rings (SSSR count). The van der Waals surface area contributed by atoms with E-state index in [1.807, 2.05) is 48.5 Å². The van der Waals surface area contributed by atoms with E-state index in [1.54, 1.807) is 0 Å². The Kier molecular flexibility index (Phi) is 9.10. The van der Waals surface area contributed by atoms with Crippen LogP contribution in [-0.2, 0) is 6.54 Å². The van der Waals surface area contributed by atoms with Gasteiger partial charge in [-0.15, -0.1) is 0 Å². The number of anilines is 3. The third-order valence-corrected chi connectivity index (χ3v) is 9.54. The van der Waals surface area contributed by atoms with Crippen molar-refractivity contribution in [2.24, 2.45) is 15.7 Å². The third-order valence-electron chi connectivity index (χ3n) is 9.54. The van der Waals surface area contributed by atoms with Crippen molar-refractivity contribution in [3.63, 3.8) is 0 Å². The molecule has 0 aliphatic carbocycles. The summed E-state index contributed by atoms with van der Waals surface area (Å²) < 4.78 is 0. The van der Waals surface area contributed by atoms with Crippen LogP contribution >= 0.6 is 0 Å². The van der Waals surface area contributed by atoms with Gasteiger partial charge < -0.3 is 10.6 Å². The first kappa shape index (κ1) is 32.4. The largest absolute Gasteiger partial charge is 0.383 e. The molecule has 0 heterocycles. The first-order chi connectivity index (χ1) is 25.6. The molecule has 0 amide bonds. The summed E-state index contributed by atoms with van der Waals surface area (Å²) in [5, 5.41) is 4.73. The van der Waals surface area contributed by atoms with Crippen LogP contribution in [0.2, 0.25) is 0 Å². The van der Waals surface area contributed by atoms with Crippen LogP contribution in [0.15, 0.2) is 198 Å². The van der Waals surface area contributed by atoms with Crippen molar-refractivity contribution in [3.8, 4) is 11.1 Å². The molecule has 4 heteroatoms. The van der Waals surface area contributed by atoms with Gasteiger partial charge >= 0.3 is 0 Å². The molecule has 0 saturated carbocycles. The normalized spacial score (nSPS) is 11.9. The molecule has 0 atom stereocenters. The van der Waals surface area contributed by atoms with Crippen LogP contribution in [0.3, 0.4) is 0 Å². The van der Waals surface area contributed by atoms with Gasteiger partial charge in [0.25, 0.3) is 0 Å². The molecule has 8 aromatic carbocycles. The average Bonchev–Trinajstić information content (AvgIpc) is 3.21. The number of hydrogen-bond donors (Lipinski definition) is 1. The summed E-state index contributed by atoms with van der Waals surface area (Å²) in [6.07, 6.45) is 0. The number of nitrogens with two attached hydrogens (primary N) is 1. The SMILES string of the molecule is Cc1c(N(c2ccccc2)c2ccc(-c3cc4ccccc4cc3C(/N=C(\N)c3ccccc3)=N/Cc3ccccc3)cc2)ccc2ccccc12. The number of para-hydroxylation sites is 1. The molecule has 0 saturated heterocycles. The second-order valence-corrected chi connectivity index (χ2v) is 12.9. The fraction of sp³-hybridized carbons (Fsp3) is 0.0417. The molecule has 0 fully saturated rings. The highest BCUT2D eigenvalue weighted by Crippen LogP contribution is 2.40. The number of rotatable bonds is 8. The number of benzene rings is 8. The third kappa shape index (κ3) is 6.70. The number of amidine groups is 2. The van der Waals surface area contributed by atoms with Gasteiger partial charge in [0.2, 0.25) is 0 Å². The van der Waals surface area contributed by atoms with E-state index < -0.39 is 0 Å². The number of aliphatic imine (C=N–C) groups is 2. The smallest absolute Gasteiger partial charge is 0.157 e. The maximum Gasteiger partial charge on any atom is 0.157 e. The Bertz CT molecular complexity index is 2540. The highest BCUT2D eigenvalue weighted by molar-refractivity contribution is 6.15. The van der Waals surface area contributed by atoms with E-state index in [2.05, 4.69) is 151 Å². The molecule has 4 nitrogen and oxygen atoms in total. The zero-order chi connectivity index (χ0) is 35.3. The Morgan fingerprint density at radius 3 is 1.85 bits per heavy atom. The summed E-state index contributed by atoms with van der Waals surface area (Å²) in [6.45, 7) is 2.69. The Hall–Kier alpha value is -6.78. The predicted octanol–water partition coefficient (Wildman–Crippen LogP) is 11.8. The van der Waals surface area contributed by atoms with Gasteiger partial charge in [0.05, 0.1) is 6.54 Å². The van der Waals surface area contributed by atoms with E-state index in [1.165, 1.54) is 16.3 Å². The maximum absolute atomic E-state index is 6.68. The zero-order valence-electron chi connectivity index (χ0n) is 29.0. The Morgan fingerprint density at radius 1 is 0.558 bits per heavy atom. The molecular formula is C48H38N4. The van der Waals surface area contributed by atoms with Gasteiger partial charge in [-0.3, -0.25) is 4.99 Å². The average molecular weight is 671 g/mol. The van der Waals surface area contributed by atoms with E-state index in [0.717, 1.165) is 55.7 Å². The first-order valence-corrected chi connectivity index (χ1v) is 17.6. The lowest BCUT2D eigenvalue weighted by Crippen LogP contribution is -2.16.